The molecular formula is C9H16N2O. The average molecular weight is 168 g/mol. The molecule has 1 unspecified atom stereocenters. The molecule has 1 rings (SSSR count). The van der Waals surface area contributed by atoms with Gasteiger partial charge in [-0.3, -0.25) is 4.90 Å². The van der Waals surface area contributed by atoms with E-state index in [1.807, 2.05) is 0 Å². The van der Waals surface area contributed by atoms with Gasteiger partial charge in [0.25, 0.3) is 0 Å². The fraction of sp³-hybridized carbons (Fsp3) is 0.889. The highest BCUT2D eigenvalue weighted by Gasteiger charge is 2.16. The lowest BCUT2D eigenvalue weighted by atomic mass is 10.2. The van der Waals surface area contributed by atoms with Crippen LogP contribution in [-0.4, -0.2) is 37.7 Å². The predicted molar refractivity (Wildman–Crippen MR) is 46.7 cm³/mol. The highest BCUT2D eigenvalue weighted by atomic mass is 16.5. The molecule has 0 bridgehead atoms. The number of hydrogen-bond donors (Lipinski definition) is 0. The molecule has 0 radical (unpaired) electrons. The highest BCUT2D eigenvalue weighted by Crippen LogP contribution is 2.05. The zero-order valence-corrected chi connectivity index (χ0v) is 7.62. The maximum Gasteiger partial charge on any atom is 0.0823 e. The fourth-order valence-electron chi connectivity index (χ4n) is 1.47. The smallest absolute Gasteiger partial charge is 0.0823 e. The highest BCUT2D eigenvalue weighted by molar-refractivity contribution is 4.86. The Morgan fingerprint density at radius 2 is 2.50 bits per heavy atom. The normalized spacial score (nSPS) is 26.2. The maximum atomic E-state index is 8.75. The van der Waals surface area contributed by atoms with Gasteiger partial charge in [0, 0.05) is 13.1 Å². The van der Waals surface area contributed by atoms with Gasteiger partial charge in [-0.1, -0.05) is 6.92 Å². The third-order valence-corrected chi connectivity index (χ3v) is 2.07. The van der Waals surface area contributed by atoms with Crippen LogP contribution in [-0.2, 0) is 4.74 Å². The first kappa shape index (κ1) is 9.50. The van der Waals surface area contributed by atoms with Crippen molar-refractivity contribution in [3.63, 3.8) is 0 Å². The van der Waals surface area contributed by atoms with Crippen LogP contribution < -0.4 is 0 Å². The van der Waals surface area contributed by atoms with Crippen LogP contribution >= 0.6 is 0 Å². The molecule has 3 heteroatoms. The van der Waals surface area contributed by atoms with Gasteiger partial charge in [0.1, 0.15) is 0 Å². The summed E-state index contributed by atoms with van der Waals surface area (Å²) < 4.78 is 5.31. The van der Waals surface area contributed by atoms with Crippen molar-refractivity contribution in [2.24, 2.45) is 5.92 Å². The van der Waals surface area contributed by atoms with Crippen LogP contribution in [0.15, 0.2) is 0 Å². The molecule has 3 nitrogen and oxygen atoms in total. The molecule has 1 atom stereocenters. The second-order valence-corrected chi connectivity index (χ2v) is 3.20. The predicted octanol–water partition coefficient (Wildman–Crippen LogP) is 0.868. The van der Waals surface area contributed by atoms with Gasteiger partial charge in [0.15, 0.2) is 0 Å². The molecule has 68 valence electrons. The second-order valence-electron chi connectivity index (χ2n) is 3.20. The first-order valence-corrected chi connectivity index (χ1v) is 4.56. The molecule has 0 aromatic heterocycles. The first-order chi connectivity index (χ1) is 5.86. The van der Waals surface area contributed by atoms with E-state index in [0.717, 1.165) is 32.7 Å². The van der Waals surface area contributed by atoms with Crippen LogP contribution in [0.25, 0.3) is 0 Å². The number of ether oxygens (including phenoxy) is 1. The molecule has 0 spiro atoms. The van der Waals surface area contributed by atoms with Crippen LogP contribution in [0.1, 0.15) is 13.3 Å². The van der Waals surface area contributed by atoms with Crippen LogP contribution in [0.4, 0.5) is 0 Å². The summed E-state index contributed by atoms with van der Waals surface area (Å²) >= 11 is 0. The van der Waals surface area contributed by atoms with E-state index in [0.29, 0.717) is 6.61 Å². The monoisotopic (exact) mass is 168 g/mol. The van der Waals surface area contributed by atoms with E-state index in [-0.39, 0.29) is 5.92 Å². The van der Waals surface area contributed by atoms with Crippen molar-refractivity contribution in [1.29, 1.82) is 5.26 Å². The van der Waals surface area contributed by atoms with E-state index >= 15 is 0 Å². The zero-order chi connectivity index (χ0) is 8.81. The van der Waals surface area contributed by atoms with Gasteiger partial charge in [-0.05, 0) is 13.0 Å². The third-order valence-electron chi connectivity index (χ3n) is 2.07. The fourth-order valence-corrected chi connectivity index (χ4v) is 1.47. The topological polar surface area (TPSA) is 36.3 Å². The second kappa shape index (κ2) is 5.13. The van der Waals surface area contributed by atoms with Crippen molar-refractivity contribution in [3.8, 4) is 6.07 Å². The largest absolute Gasteiger partial charge is 0.379 e. The molecular weight excluding hydrogens is 152 g/mol. The molecule has 1 aliphatic heterocycles. The number of rotatable bonds is 2. The van der Waals surface area contributed by atoms with E-state index in [2.05, 4.69) is 17.9 Å². The first-order valence-electron chi connectivity index (χ1n) is 4.56. The van der Waals surface area contributed by atoms with Crippen LogP contribution in [0.2, 0.25) is 0 Å². The zero-order valence-electron chi connectivity index (χ0n) is 7.62. The van der Waals surface area contributed by atoms with Gasteiger partial charge in [0.2, 0.25) is 0 Å². The Kier molecular flexibility index (Phi) is 4.06. The summed E-state index contributed by atoms with van der Waals surface area (Å²) in [5.74, 6) is 0.0686. The molecule has 0 saturated carbocycles. The average Bonchev–Trinajstić information content (AvgIpc) is 2.30. The number of nitriles is 1. The van der Waals surface area contributed by atoms with Gasteiger partial charge < -0.3 is 4.74 Å². The molecule has 0 amide bonds. The van der Waals surface area contributed by atoms with Crippen molar-refractivity contribution in [2.75, 3.05) is 32.8 Å². The van der Waals surface area contributed by atoms with Crippen LogP contribution in [0, 0.1) is 17.2 Å². The summed E-state index contributed by atoms with van der Waals surface area (Å²) in [5.41, 5.74) is 0. The Hall–Kier alpha value is -0.590. The Bertz CT molecular complexity index is 164. The lowest BCUT2D eigenvalue weighted by Crippen LogP contribution is -2.30. The van der Waals surface area contributed by atoms with E-state index in [9.17, 15) is 0 Å². The minimum absolute atomic E-state index is 0.0686. The minimum atomic E-state index is 0.0686. The SMILES string of the molecule is CCCN1CCOCC(C#N)C1. The van der Waals surface area contributed by atoms with E-state index in [1.165, 1.54) is 0 Å². The van der Waals surface area contributed by atoms with Crippen molar-refractivity contribution in [1.82, 2.24) is 4.90 Å². The van der Waals surface area contributed by atoms with E-state index in [4.69, 9.17) is 10.00 Å². The standard InChI is InChI=1S/C9H16N2O/c1-2-3-11-4-5-12-8-9(6-10)7-11/h9H,2-5,7-8H2,1H3. The third kappa shape index (κ3) is 2.80. The van der Waals surface area contributed by atoms with Crippen LogP contribution in [0.3, 0.4) is 0 Å². The quantitative estimate of drug-likeness (QED) is 0.613. The van der Waals surface area contributed by atoms with E-state index < -0.39 is 0 Å². The molecule has 0 aromatic rings. The minimum Gasteiger partial charge on any atom is -0.379 e. The molecule has 1 aliphatic rings. The van der Waals surface area contributed by atoms with Gasteiger partial charge >= 0.3 is 0 Å². The van der Waals surface area contributed by atoms with Crippen molar-refractivity contribution >= 4 is 0 Å². The number of hydrogen-bond acceptors (Lipinski definition) is 3. The van der Waals surface area contributed by atoms with Crippen molar-refractivity contribution < 1.29 is 4.74 Å². The summed E-state index contributed by atoms with van der Waals surface area (Å²) in [7, 11) is 0. The van der Waals surface area contributed by atoms with Gasteiger partial charge in [0.05, 0.1) is 25.2 Å². The van der Waals surface area contributed by atoms with Gasteiger partial charge in [-0.15, -0.1) is 0 Å². The Morgan fingerprint density at radius 3 is 3.17 bits per heavy atom. The molecule has 12 heavy (non-hydrogen) atoms. The molecule has 1 heterocycles. The molecule has 1 saturated heterocycles. The van der Waals surface area contributed by atoms with Gasteiger partial charge in [-0.2, -0.15) is 5.26 Å². The van der Waals surface area contributed by atoms with Crippen molar-refractivity contribution in [2.45, 2.75) is 13.3 Å². The number of nitrogens with zero attached hydrogens (tertiary/aromatic N) is 2. The molecule has 1 fully saturated rings. The Balaban J connectivity index is 2.37. The van der Waals surface area contributed by atoms with Crippen molar-refractivity contribution in [3.05, 3.63) is 0 Å². The summed E-state index contributed by atoms with van der Waals surface area (Å²) in [6.45, 7) is 6.49. The van der Waals surface area contributed by atoms with Crippen LogP contribution in [0.5, 0.6) is 0 Å². The van der Waals surface area contributed by atoms with Gasteiger partial charge in [-0.25, -0.2) is 0 Å². The molecule has 0 N–H and O–H groups in total. The summed E-state index contributed by atoms with van der Waals surface area (Å²) in [4.78, 5) is 2.31. The molecule has 0 aliphatic carbocycles. The lowest BCUT2D eigenvalue weighted by molar-refractivity contribution is 0.132. The summed E-state index contributed by atoms with van der Waals surface area (Å²) in [6.07, 6.45) is 1.15. The van der Waals surface area contributed by atoms with E-state index in [1.54, 1.807) is 0 Å². The summed E-state index contributed by atoms with van der Waals surface area (Å²) in [6, 6.07) is 2.27. The Morgan fingerprint density at radius 1 is 1.67 bits per heavy atom. The molecule has 0 aromatic carbocycles. The lowest BCUT2D eigenvalue weighted by Gasteiger charge is -2.18. The maximum absolute atomic E-state index is 8.75. The Labute approximate surface area is 73.9 Å². The summed E-state index contributed by atoms with van der Waals surface area (Å²) in [5, 5.41) is 8.75.